The number of epoxide rings is 1. The lowest BCUT2D eigenvalue weighted by molar-refractivity contribution is 0.236. The maximum Gasteiger partial charge on any atom is 0.129 e. The third-order valence-corrected chi connectivity index (χ3v) is 2.72. The first-order valence-corrected chi connectivity index (χ1v) is 4.56. The van der Waals surface area contributed by atoms with Gasteiger partial charge in [0.2, 0.25) is 0 Å². The van der Waals surface area contributed by atoms with E-state index in [1.807, 2.05) is 12.1 Å². The van der Waals surface area contributed by atoms with Crippen LogP contribution in [0.15, 0.2) is 24.3 Å². The summed E-state index contributed by atoms with van der Waals surface area (Å²) < 4.78 is 18.8. The van der Waals surface area contributed by atoms with Crippen LogP contribution in [-0.2, 0) is 10.3 Å². The molecule has 1 nitrogen and oxygen atoms in total. The van der Waals surface area contributed by atoms with Crippen LogP contribution in [0.5, 0.6) is 0 Å². The molecule has 0 aromatic heterocycles. The van der Waals surface area contributed by atoms with Gasteiger partial charge in [0.15, 0.2) is 0 Å². The second-order valence-corrected chi connectivity index (χ2v) is 3.81. The van der Waals surface area contributed by atoms with Crippen molar-refractivity contribution in [2.45, 2.75) is 19.4 Å². The minimum Gasteiger partial charge on any atom is -0.364 e. The molecule has 1 heterocycles. The van der Waals surface area contributed by atoms with Crippen molar-refractivity contribution < 1.29 is 9.13 Å². The summed E-state index contributed by atoms with van der Waals surface area (Å²) in [5.74, 6) is 0.165. The van der Waals surface area contributed by atoms with Gasteiger partial charge in [-0.3, -0.25) is 0 Å². The van der Waals surface area contributed by atoms with Gasteiger partial charge in [-0.2, -0.15) is 0 Å². The van der Waals surface area contributed by atoms with E-state index < -0.39 is 0 Å². The van der Waals surface area contributed by atoms with Gasteiger partial charge in [0.1, 0.15) is 11.4 Å². The number of ether oxygens (including phenoxy) is 1. The Balaban J connectivity index is 2.41. The Bertz CT molecular complexity index is 316. The second-order valence-electron chi connectivity index (χ2n) is 3.81. The molecular formula is C11H13FO. The zero-order chi connectivity index (χ0) is 9.47. The van der Waals surface area contributed by atoms with E-state index in [0.29, 0.717) is 18.1 Å². The largest absolute Gasteiger partial charge is 0.364 e. The van der Waals surface area contributed by atoms with E-state index in [2.05, 4.69) is 13.8 Å². The lowest BCUT2D eigenvalue weighted by Gasteiger charge is -2.16. The van der Waals surface area contributed by atoms with Crippen molar-refractivity contribution in [3.63, 3.8) is 0 Å². The molecule has 1 saturated heterocycles. The molecule has 0 bridgehead atoms. The second kappa shape index (κ2) is 2.81. The normalized spacial score (nSPS) is 26.5. The summed E-state index contributed by atoms with van der Waals surface area (Å²) >= 11 is 0. The fourth-order valence-corrected chi connectivity index (χ4v) is 1.68. The molecule has 0 amide bonds. The fraction of sp³-hybridized carbons (Fsp3) is 0.455. The molecule has 70 valence electrons. The zero-order valence-corrected chi connectivity index (χ0v) is 7.88. The maximum atomic E-state index is 13.4. The average Bonchev–Trinajstić information content (AvgIpc) is 2.85. The smallest absolute Gasteiger partial charge is 0.129 e. The van der Waals surface area contributed by atoms with E-state index in [4.69, 9.17) is 4.74 Å². The lowest BCUT2D eigenvalue weighted by Crippen LogP contribution is -2.18. The predicted octanol–water partition coefficient (Wildman–Crippen LogP) is 2.71. The molecule has 2 rings (SSSR count). The number of rotatable bonds is 2. The summed E-state index contributed by atoms with van der Waals surface area (Å²) in [5.41, 5.74) is 0.357. The Morgan fingerprint density at radius 1 is 1.38 bits per heavy atom. The lowest BCUT2D eigenvalue weighted by atomic mass is 9.89. The number of hydrogen-bond acceptors (Lipinski definition) is 1. The Hall–Kier alpha value is -0.890. The number of hydrogen-bond donors (Lipinski definition) is 0. The summed E-state index contributed by atoms with van der Waals surface area (Å²) in [4.78, 5) is 0. The monoisotopic (exact) mass is 180 g/mol. The summed E-state index contributed by atoms with van der Waals surface area (Å²) in [6.45, 7) is 4.75. The summed E-state index contributed by atoms with van der Waals surface area (Å²) in [7, 11) is 0. The Labute approximate surface area is 77.5 Å². The van der Waals surface area contributed by atoms with Crippen LogP contribution in [0.4, 0.5) is 4.39 Å². The molecule has 0 N–H and O–H groups in total. The van der Waals surface area contributed by atoms with Crippen LogP contribution >= 0.6 is 0 Å². The standard InChI is InChI=1S/C11H13FO/c1-8(2)11(7-13-11)9-5-3-4-6-10(9)12/h3-6,8H,7H2,1-2H3. The quantitative estimate of drug-likeness (QED) is 0.637. The molecule has 0 aliphatic carbocycles. The van der Waals surface area contributed by atoms with Crippen LogP contribution in [-0.4, -0.2) is 6.61 Å². The molecule has 1 atom stereocenters. The van der Waals surface area contributed by atoms with Gasteiger partial charge in [0.25, 0.3) is 0 Å². The van der Waals surface area contributed by atoms with Gasteiger partial charge in [-0.1, -0.05) is 32.0 Å². The van der Waals surface area contributed by atoms with Gasteiger partial charge in [0.05, 0.1) is 6.61 Å². The maximum absolute atomic E-state index is 13.4. The molecule has 0 saturated carbocycles. The highest BCUT2D eigenvalue weighted by Gasteiger charge is 2.50. The van der Waals surface area contributed by atoms with Crippen molar-refractivity contribution in [2.75, 3.05) is 6.61 Å². The summed E-state index contributed by atoms with van der Waals surface area (Å²) in [5, 5.41) is 0. The van der Waals surface area contributed by atoms with Crippen molar-refractivity contribution in [3.8, 4) is 0 Å². The van der Waals surface area contributed by atoms with Crippen molar-refractivity contribution in [3.05, 3.63) is 35.6 Å². The SMILES string of the molecule is CC(C)C1(c2ccccc2F)CO1. The molecule has 1 aliphatic heterocycles. The van der Waals surface area contributed by atoms with E-state index in [-0.39, 0.29) is 11.4 Å². The first kappa shape index (κ1) is 8.70. The van der Waals surface area contributed by atoms with Crippen LogP contribution in [0, 0.1) is 11.7 Å². The first-order valence-electron chi connectivity index (χ1n) is 4.56. The van der Waals surface area contributed by atoms with E-state index >= 15 is 0 Å². The molecule has 13 heavy (non-hydrogen) atoms. The molecule has 1 fully saturated rings. The third kappa shape index (κ3) is 1.25. The van der Waals surface area contributed by atoms with Gasteiger partial charge in [0, 0.05) is 5.56 Å². The summed E-state index contributed by atoms with van der Waals surface area (Å²) in [6.07, 6.45) is 0. The first-order chi connectivity index (χ1) is 6.17. The predicted molar refractivity (Wildman–Crippen MR) is 48.9 cm³/mol. The van der Waals surface area contributed by atoms with Crippen LogP contribution in [0.1, 0.15) is 19.4 Å². The fourth-order valence-electron chi connectivity index (χ4n) is 1.68. The van der Waals surface area contributed by atoms with Gasteiger partial charge in [-0.05, 0) is 12.0 Å². The third-order valence-electron chi connectivity index (χ3n) is 2.72. The van der Waals surface area contributed by atoms with Gasteiger partial charge in [-0.25, -0.2) is 4.39 Å². The molecule has 1 unspecified atom stereocenters. The van der Waals surface area contributed by atoms with Crippen LogP contribution in [0.3, 0.4) is 0 Å². The van der Waals surface area contributed by atoms with Gasteiger partial charge < -0.3 is 4.74 Å². The molecule has 0 radical (unpaired) electrons. The minimum absolute atomic E-state index is 0.159. The highest BCUT2D eigenvalue weighted by atomic mass is 19.1. The van der Waals surface area contributed by atoms with Crippen molar-refractivity contribution in [2.24, 2.45) is 5.92 Å². The molecular weight excluding hydrogens is 167 g/mol. The van der Waals surface area contributed by atoms with Crippen LogP contribution in [0.25, 0.3) is 0 Å². The van der Waals surface area contributed by atoms with E-state index in [9.17, 15) is 4.39 Å². The molecule has 0 spiro atoms. The molecule has 1 aliphatic rings. The van der Waals surface area contributed by atoms with E-state index in [1.54, 1.807) is 6.07 Å². The van der Waals surface area contributed by atoms with Crippen molar-refractivity contribution >= 4 is 0 Å². The van der Waals surface area contributed by atoms with Crippen molar-refractivity contribution in [1.82, 2.24) is 0 Å². The van der Waals surface area contributed by atoms with E-state index in [1.165, 1.54) is 6.07 Å². The number of benzene rings is 1. The highest BCUT2D eigenvalue weighted by Crippen LogP contribution is 2.45. The Morgan fingerprint density at radius 2 is 2.00 bits per heavy atom. The van der Waals surface area contributed by atoms with Crippen molar-refractivity contribution in [1.29, 1.82) is 0 Å². The van der Waals surface area contributed by atoms with Crippen LogP contribution in [0.2, 0.25) is 0 Å². The summed E-state index contributed by atoms with van der Waals surface area (Å²) in [6, 6.07) is 6.85. The van der Waals surface area contributed by atoms with Crippen LogP contribution < -0.4 is 0 Å². The zero-order valence-electron chi connectivity index (χ0n) is 7.88. The Morgan fingerprint density at radius 3 is 2.46 bits per heavy atom. The van der Waals surface area contributed by atoms with Gasteiger partial charge >= 0.3 is 0 Å². The highest BCUT2D eigenvalue weighted by molar-refractivity contribution is 5.29. The van der Waals surface area contributed by atoms with Gasteiger partial charge in [-0.15, -0.1) is 0 Å². The minimum atomic E-state index is -0.342. The van der Waals surface area contributed by atoms with E-state index in [0.717, 1.165) is 0 Å². The Kier molecular flexibility index (Phi) is 1.88. The number of halogens is 1. The average molecular weight is 180 g/mol. The molecule has 1 aromatic rings. The molecule has 1 aromatic carbocycles. The topological polar surface area (TPSA) is 12.5 Å². The molecule has 2 heteroatoms.